The summed E-state index contributed by atoms with van der Waals surface area (Å²) in [4.78, 5) is 0. The Labute approximate surface area is 105 Å². The summed E-state index contributed by atoms with van der Waals surface area (Å²) in [5.41, 5.74) is 1.30. The van der Waals surface area contributed by atoms with Crippen molar-refractivity contribution in [3.8, 4) is 5.75 Å². The van der Waals surface area contributed by atoms with Crippen LogP contribution in [-0.4, -0.2) is 12.6 Å². The van der Waals surface area contributed by atoms with Gasteiger partial charge in [0.15, 0.2) is 0 Å². The monoisotopic (exact) mass is 235 g/mol. The van der Waals surface area contributed by atoms with Crippen LogP contribution in [0.1, 0.15) is 45.6 Å². The standard InChI is InChI=1S/C15H25NO/c1-4-8-14(5-2)16-12-13-9-7-10-15(11-13)17-6-3/h7,9-11,14,16H,4-6,8,12H2,1-3H3. The van der Waals surface area contributed by atoms with E-state index in [0.717, 1.165) is 18.9 Å². The van der Waals surface area contributed by atoms with E-state index in [1.165, 1.54) is 24.8 Å². The molecule has 1 N–H and O–H groups in total. The van der Waals surface area contributed by atoms with Crippen molar-refractivity contribution in [1.82, 2.24) is 5.32 Å². The fourth-order valence-electron chi connectivity index (χ4n) is 1.97. The first-order valence-corrected chi connectivity index (χ1v) is 6.75. The fraction of sp³-hybridized carbons (Fsp3) is 0.600. The van der Waals surface area contributed by atoms with E-state index in [4.69, 9.17) is 4.74 Å². The Morgan fingerprint density at radius 1 is 1.24 bits per heavy atom. The lowest BCUT2D eigenvalue weighted by Gasteiger charge is -2.16. The minimum Gasteiger partial charge on any atom is -0.494 e. The number of rotatable bonds is 8. The van der Waals surface area contributed by atoms with Crippen LogP contribution in [0.3, 0.4) is 0 Å². The second-order valence-corrected chi connectivity index (χ2v) is 4.36. The smallest absolute Gasteiger partial charge is 0.119 e. The van der Waals surface area contributed by atoms with Crippen LogP contribution in [0.25, 0.3) is 0 Å². The second-order valence-electron chi connectivity index (χ2n) is 4.36. The quantitative estimate of drug-likeness (QED) is 0.741. The lowest BCUT2D eigenvalue weighted by molar-refractivity contribution is 0.339. The van der Waals surface area contributed by atoms with Crippen molar-refractivity contribution in [2.75, 3.05) is 6.61 Å². The largest absolute Gasteiger partial charge is 0.494 e. The van der Waals surface area contributed by atoms with E-state index < -0.39 is 0 Å². The molecule has 1 aromatic rings. The highest BCUT2D eigenvalue weighted by molar-refractivity contribution is 5.28. The highest BCUT2D eigenvalue weighted by Crippen LogP contribution is 2.13. The predicted molar refractivity (Wildman–Crippen MR) is 73.4 cm³/mol. The van der Waals surface area contributed by atoms with Crippen molar-refractivity contribution in [1.29, 1.82) is 0 Å². The Morgan fingerprint density at radius 2 is 2.06 bits per heavy atom. The molecule has 0 saturated carbocycles. The molecule has 1 atom stereocenters. The summed E-state index contributed by atoms with van der Waals surface area (Å²) in [6.45, 7) is 8.15. The van der Waals surface area contributed by atoms with E-state index in [2.05, 4.69) is 37.4 Å². The minimum atomic E-state index is 0.635. The minimum absolute atomic E-state index is 0.635. The van der Waals surface area contributed by atoms with E-state index >= 15 is 0 Å². The second kappa shape index (κ2) is 8.13. The van der Waals surface area contributed by atoms with Gasteiger partial charge in [0, 0.05) is 12.6 Å². The molecule has 0 spiro atoms. The van der Waals surface area contributed by atoms with Crippen LogP contribution in [0, 0.1) is 0 Å². The average molecular weight is 235 g/mol. The molecule has 1 unspecified atom stereocenters. The molecule has 2 heteroatoms. The zero-order valence-corrected chi connectivity index (χ0v) is 11.3. The molecule has 1 rings (SSSR count). The number of hydrogen-bond acceptors (Lipinski definition) is 2. The van der Waals surface area contributed by atoms with Gasteiger partial charge in [-0.25, -0.2) is 0 Å². The molecule has 0 amide bonds. The van der Waals surface area contributed by atoms with Crippen LogP contribution in [0.4, 0.5) is 0 Å². The molecule has 0 aliphatic rings. The van der Waals surface area contributed by atoms with Crippen molar-refractivity contribution in [3.05, 3.63) is 29.8 Å². The van der Waals surface area contributed by atoms with Gasteiger partial charge in [0.1, 0.15) is 5.75 Å². The first kappa shape index (κ1) is 14.0. The molecule has 0 aliphatic carbocycles. The number of hydrogen-bond donors (Lipinski definition) is 1. The van der Waals surface area contributed by atoms with Crippen LogP contribution in [0.2, 0.25) is 0 Å². The van der Waals surface area contributed by atoms with Gasteiger partial charge in [-0.15, -0.1) is 0 Å². The van der Waals surface area contributed by atoms with Crippen molar-refractivity contribution in [3.63, 3.8) is 0 Å². The molecule has 0 radical (unpaired) electrons. The van der Waals surface area contributed by atoms with Gasteiger partial charge in [-0.2, -0.15) is 0 Å². The summed E-state index contributed by atoms with van der Waals surface area (Å²) in [5, 5.41) is 3.60. The first-order valence-electron chi connectivity index (χ1n) is 6.75. The van der Waals surface area contributed by atoms with E-state index in [-0.39, 0.29) is 0 Å². The molecule has 0 aromatic heterocycles. The molecular formula is C15H25NO. The van der Waals surface area contributed by atoms with E-state index in [1.54, 1.807) is 0 Å². The molecular weight excluding hydrogens is 210 g/mol. The molecule has 0 saturated heterocycles. The van der Waals surface area contributed by atoms with Gasteiger partial charge in [0.05, 0.1) is 6.61 Å². The van der Waals surface area contributed by atoms with Crippen molar-refractivity contribution >= 4 is 0 Å². The Kier molecular flexibility index (Phi) is 6.71. The third-order valence-electron chi connectivity index (χ3n) is 2.93. The molecule has 17 heavy (non-hydrogen) atoms. The maximum absolute atomic E-state index is 5.50. The van der Waals surface area contributed by atoms with Gasteiger partial charge in [-0.3, -0.25) is 0 Å². The molecule has 2 nitrogen and oxygen atoms in total. The zero-order valence-electron chi connectivity index (χ0n) is 11.3. The van der Waals surface area contributed by atoms with E-state index in [9.17, 15) is 0 Å². The molecule has 0 fully saturated rings. The number of benzene rings is 1. The first-order chi connectivity index (χ1) is 8.30. The number of ether oxygens (including phenoxy) is 1. The topological polar surface area (TPSA) is 21.3 Å². The molecule has 96 valence electrons. The summed E-state index contributed by atoms with van der Waals surface area (Å²) in [7, 11) is 0. The van der Waals surface area contributed by atoms with Gasteiger partial charge >= 0.3 is 0 Å². The molecule has 0 bridgehead atoms. The van der Waals surface area contributed by atoms with Gasteiger partial charge < -0.3 is 10.1 Å². The molecule has 0 aliphatic heterocycles. The van der Waals surface area contributed by atoms with Crippen LogP contribution in [0.5, 0.6) is 5.75 Å². The van der Waals surface area contributed by atoms with Crippen LogP contribution in [0.15, 0.2) is 24.3 Å². The third-order valence-corrected chi connectivity index (χ3v) is 2.93. The van der Waals surface area contributed by atoms with Crippen LogP contribution in [-0.2, 0) is 6.54 Å². The van der Waals surface area contributed by atoms with Crippen molar-refractivity contribution in [2.24, 2.45) is 0 Å². The van der Waals surface area contributed by atoms with Crippen molar-refractivity contribution < 1.29 is 4.74 Å². The van der Waals surface area contributed by atoms with Crippen LogP contribution >= 0.6 is 0 Å². The van der Waals surface area contributed by atoms with Gasteiger partial charge in [0.25, 0.3) is 0 Å². The third kappa shape index (κ3) is 5.22. The summed E-state index contributed by atoms with van der Waals surface area (Å²) in [6, 6.07) is 8.97. The SMILES string of the molecule is CCCC(CC)NCc1cccc(OCC)c1. The van der Waals surface area contributed by atoms with Crippen LogP contribution < -0.4 is 10.1 Å². The fourth-order valence-corrected chi connectivity index (χ4v) is 1.97. The average Bonchev–Trinajstić information content (AvgIpc) is 2.35. The van der Waals surface area contributed by atoms with Gasteiger partial charge in [-0.1, -0.05) is 32.4 Å². The van der Waals surface area contributed by atoms with E-state index in [1.807, 2.05) is 13.0 Å². The summed E-state index contributed by atoms with van der Waals surface area (Å²) in [6.07, 6.45) is 3.69. The number of nitrogens with one attached hydrogen (secondary N) is 1. The highest BCUT2D eigenvalue weighted by Gasteiger charge is 2.04. The Bertz CT molecular complexity index is 312. The lowest BCUT2D eigenvalue weighted by Crippen LogP contribution is -2.27. The highest BCUT2D eigenvalue weighted by atomic mass is 16.5. The van der Waals surface area contributed by atoms with E-state index in [0.29, 0.717) is 6.04 Å². The summed E-state index contributed by atoms with van der Waals surface area (Å²) in [5.74, 6) is 0.968. The maximum atomic E-state index is 5.50. The van der Waals surface area contributed by atoms with Gasteiger partial charge in [-0.05, 0) is 37.5 Å². The summed E-state index contributed by atoms with van der Waals surface area (Å²) < 4.78 is 5.50. The van der Waals surface area contributed by atoms with Crippen molar-refractivity contribution in [2.45, 2.75) is 52.6 Å². The maximum Gasteiger partial charge on any atom is 0.119 e. The van der Waals surface area contributed by atoms with Gasteiger partial charge in [0.2, 0.25) is 0 Å². The normalized spacial score (nSPS) is 12.4. The zero-order chi connectivity index (χ0) is 12.5. The Hall–Kier alpha value is -1.02. The predicted octanol–water partition coefficient (Wildman–Crippen LogP) is 3.75. The molecule has 0 heterocycles. The summed E-state index contributed by atoms with van der Waals surface area (Å²) >= 11 is 0. The molecule has 1 aromatic carbocycles. The Balaban J connectivity index is 2.47. The lowest BCUT2D eigenvalue weighted by atomic mass is 10.1. The Morgan fingerprint density at radius 3 is 2.71 bits per heavy atom.